The summed E-state index contributed by atoms with van der Waals surface area (Å²) in [5.74, 6) is -0.230. The number of sulfonamides is 1. The average molecular weight is 409 g/mol. The molecule has 2 aromatic rings. The van der Waals surface area contributed by atoms with Crippen LogP contribution in [0.25, 0.3) is 0 Å². The number of carbonyl (C=O) groups is 1. The first-order valence-electron chi connectivity index (χ1n) is 9.40. The van der Waals surface area contributed by atoms with Crippen LogP contribution in [0.15, 0.2) is 17.3 Å². The van der Waals surface area contributed by atoms with Crippen molar-refractivity contribution < 1.29 is 13.2 Å². The molecule has 154 valence electrons. The topological polar surface area (TPSA) is 102 Å². The zero-order valence-electron chi connectivity index (χ0n) is 17.0. The number of carbonyl (C=O) groups excluding carboxylic acids is 1. The highest BCUT2D eigenvalue weighted by Crippen LogP contribution is 2.26. The fraction of sp³-hybridized carbons (Fsp3) is 0.611. The zero-order chi connectivity index (χ0) is 20.6. The molecule has 0 saturated carbocycles. The summed E-state index contributed by atoms with van der Waals surface area (Å²) in [4.78, 5) is 12.9. The number of nitrogens with one attached hydrogen (secondary N) is 1. The van der Waals surface area contributed by atoms with Gasteiger partial charge in [-0.25, -0.2) is 8.42 Å². The normalized spacial score (nSPS) is 17.6. The van der Waals surface area contributed by atoms with E-state index in [0.29, 0.717) is 31.6 Å². The molecule has 2 aromatic heterocycles. The van der Waals surface area contributed by atoms with Crippen LogP contribution in [-0.2, 0) is 28.9 Å². The first-order chi connectivity index (χ1) is 13.1. The van der Waals surface area contributed by atoms with Crippen molar-refractivity contribution in [2.24, 2.45) is 20.0 Å². The van der Waals surface area contributed by atoms with Gasteiger partial charge in [0.1, 0.15) is 4.90 Å². The molecule has 10 heteroatoms. The number of nitrogens with zero attached hydrogens (tertiary/aromatic N) is 5. The monoisotopic (exact) mass is 408 g/mol. The second-order valence-electron chi connectivity index (χ2n) is 7.50. The fourth-order valence-electron chi connectivity index (χ4n) is 3.78. The van der Waals surface area contributed by atoms with E-state index in [9.17, 15) is 13.2 Å². The van der Waals surface area contributed by atoms with Gasteiger partial charge in [-0.2, -0.15) is 14.5 Å². The Morgan fingerprint density at radius 1 is 1.11 bits per heavy atom. The summed E-state index contributed by atoms with van der Waals surface area (Å²) in [5, 5.41) is 11.5. The van der Waals surface area contributed by atoms with Crippen molar-refractivity contribution in [1.29, 1.82) is 0 Å². The highest BCUT2D eigenvalue weighted by Gasteiger charge is 2.34. The highest BCUT2D eigenvalue weighted by molar-refractivity contribution is 7.89. The smallest absolute Gasteiger partial charge is 0.246 e. The molecular formula is C18H28N6O3S. The molecule has 1 N–H and O–H groups in total. The number of piperidine rings is 1. The Morgan fingerprint density at radius 2 is 1.68 bits per heavy atom. The minimum atomic E-state index is -3.58. The molecule has 3 rings (SSSR count). The lowest BCUT2D eigenvalue weighted by atomic mass is 9.96. The standard InChI is InChI=1S/C18H28N6O3S/c1-12(16-10-22(4)20-13(16)2)19-18(25)15-6-8-24(9-7-15)28(26,27)17-11-23(5)21-14(17)3/h10-12,15H,6-9H2,1-5H3,(H,19,25). The van der Waals surface area contributed by atoms with Gasteiger partial charge in [-0.05, 0) is 33.6 Å². The molecule has 1 unspecified atom stereocenters. The third-order valence-corrected chi connectivity index (χ3v) is 7.29. The van der Waals surface area contributed by atoms with E-state index in [1.807, 2.05) is 27.1 Å². The van der Waals surface area contributed by atoms with E-state index in [1.54, 1.807) is 18.7 Å². The maximum Gasteiger partial charge on any atom is 0.246 e. The molecule has 0 radical (unpaired) electrons. The lowest BCUT2D eigenvalue weighted by molar-refractivity contribution is -0.126. The van der Waals surface area contributed by atoms with E-state index in [1.165, 1.54) is 15.2 Å². The molecule has 1 aliphatic heterocycles. The largest absolute Gasteiger partial charge is 0.349 e. The van der Waals surface area contributed by atoms with Crippen molar-refractivity contribution >= 4 is 15.9 Å². The number of hydrogen-bond acceptors (Lipinski definition) is 5. The van der Waals surface area contributed by atoms with Crippen molar-refractivity contribution in [3.05, 3.63) is 29.3 Å². The van der Waals surface area contributed by atoms with Gasteiger partial charge in [0.2, 0.25) is 15.9 Å². The van der Waals surface area contributed by atoms with E-state index in [2.05, 4.69) is 15.5 Å². The molecule has 9 nitrogen and oxygen atoms in total. The Labute approximate surface area is 165 Å². The van der Waals surface area contributed by atoms with Crippen LogP contribution in [0.1, 0.15) is 42.8 Å². The second-order valence-corrected chi connectivity index (χ2v) is 9.41. The first-order valence-corrected chi connectivity index (χ1v) is 10.8. The van der Waals surface area contributed by atoms with Crippen molar-refractivity contribution in [3.8, 4) is 0 Å². The summed E-state index contributed by atoms with van der Waals surface area (Å²) < 4.78 is 30.4. The van der Waals surface area contributed by atoms with Crippen LogP contribution in [0.3, 0.4) is 0 Å². The Hall–Kier alpha value is -2.20. The van der Waals surface area contributed by atoms with Crippen molar-refractivity contribution in [2.75, 3.05) is 13.1 Å². The van der Waals surface area contributed by atoms with Gasteiger partial charge in [-0.15, -0.1) is 0 Å². The number of amides is 1. The third-order valence-electron chi connectivity index (χ3n) is 5.29. The van der Waals surface area contributed by atoms with Crippen LogP contribution in [0, 0.1) is 19.8 Å². The number of aromatic nitrogens is 4. The van der Waals surface area contributed by atoms with Gasteiger partial charge < -0.3 is 5.32 Å². The van der Waals surface area contributed by atoms with Gasteiger partial charge in [0.05, 0.1) is 17.4 Å². The Kier molecular flexibility index (Phi) is 5.62. The Balaban J connectivity index is 1.61. The number of rotatable bonds is 5. The summed E-state index contributed by atoms with van der Waals surface area (Å²) in [6, 6.07) is -0.138. The number of hydrogen-bond donors (Lipinski definition) is 1. The van der Waals surface area contributed by atoms with Gasteiger partial charge in [0.15, 0.2) is 0 Å². The van der Waals surface area contributed by atoms with Gasteiger partial charge in [-0.3, -0.25) is 14.2 Å². The Morgan fingerprint density at radius 3 is 2.18 bits per heavy atom. The molecule has 0 aromatic carbocycles. The molecular weight excluding hydrogens is 380 g/mol. The summed E-state index contributed by atoms with van der Waals surface area (Å²) in [7, 11) is -0.0282. The Bertz CT molecular complexity index is 970. The van der Waals surface area contributed by atoms with E-state index < -0.39 is 10.0 Å². The van der Waals surface area contributed by atoms with Gasteiger partial charge >= 0.3 is 0 Å². The minimum Gasteiger partial charge on any atom is -0.349 e. The average Bonchev–Trinajstić information content (AvgIpc) is 3.15. The molecule has 1 atom stereocenters. The van der Waals surface area contributed by atoms with Crippen molar-refractivity contribution in [1.82, 2.24) is 29.2 Å². The van der Waals surface area contributed by atoms with Crippen LogP contribution in [0.2, 0.25) is 0 Å². The summed E-state index contributed by atoms with van der Waals surface area (Å²) in [6.07, 6.45) is 4.44. The number of aryl methyl sites for hydroxylation is 4. The van der Waals surface area contributed by atoms with Crippen LogP contribution < -0.4 is 5.32 Å². The molecule has 1 saturated heterocycles. The third kappa shape index (κ3) is 3.97. The van der Waals surface area contributed by atoms with Crippen LogP contribution in [0.4, 0.5) is 0 Å². The predicted octanol–water partition coefficient (Wildman–Crippen LogP) is 1.05. The van der Waals surface area contributed by atoms with Gasteiger partial charge in [-0.1, -0.05) is 0 Å². The van der Waals surface area contributed by atoms with Crippen molar-refractivity contribution in [3.63, 3.8) is 0 Å². The molecule has 1 aliphatic rings. The molecule has 1 amide bonds. The molecule has 0 spiro atoms. The second kappa shape index (κ2) is 7.67. The van der Waals surface area contributed by atoms with Gasteiger partial charge in [0.25, 0.3) is 0 Å². The summed E-state index contributed by atoms with van der Waals surface area (Å²) in [5.41, 5.74) is 2.37. The highest BCUT2D eigenvalue weighted by atomic mass is 32.2. The molecule has 1 fully saturated rings. The summed E-state index contributed by atoms with van der Waals surface area (Å²) >= 11 is 0. The van der Waals surface area contributed by atoms with E-state index in [0.717, 1.165) is 11.3 Å². The first kappa shape index (κ1) is 20.5. The SMILES string of the molecule is Cc1nn(C)cc1C(C)NC(=O)C1CCN(S(=O)(=O)c2cn(C)nc2C)CC1. The predicted molar refractivity (Wildman–Crippen MR) is 104 cm³/mol. The van der Waals surface area contributed by atoms with E-state index in [-0.39, 0.29) is 22.8 Å². The van der Waals surface area contributed by atoms with Gasteiger partial charge in [0, 0.05) is 51.1 Å². The molecule has 0 aliphatic carbocycles. The summed E-state index contributed by atoms with van der Waals surface area (Å²) in [6.45, 7) is 6.20. The van der Waals surface area contributed by atoms with Crippen LogP contribution in [0.5, 0.6) is 0 Å². The fourth-order valence-corrected chi connectivity index (χ4v) is 5.45. The van der Waals surface area contributed by atoms with E-state index >= 15 is 0 Å². The van der Waals surface area contributed by atoms with Crippen LogP contribution >= 0.6 is 0 Å². The quantitative estimate of drug-likeness (QED) is 0.797. The van der Waals surface area contributed by atoms with Crippen LogP contribution in [-0.4, -0.2) is 51.3 Å². The maximum absolute atomic E-state index is 12.9. The lowest BCUT2D eigenvalue weighted by Crippen LogP contribution is -2.43. The maximum atomic E-state index is 12.9. The minimum absolute atomic E-state index is 0.0367. The molecule has 28 heavy (non-hydrogen) atoms. The van der Waals surface area contributed by atoms with Crippen molar-refractivity contribution in [2.45, 2.75) is 44.6 Å². The zero-order valence-corrected chi connectivity index (χ0v) is 17.8. The molecule has 3 heterocycles. The molecule has 0 bridgehead atoms. The van der Waals surface area contributed by atoms with E-state index in [4.69, 9.17) is 0 Å². The lowest BCUT2D eigenvalue weighted by Gasteiger charge is -2.31.